The second-order valence-corrected chi connectivity index (χ2v) is 6.32. The first-order valence-corrected chi connectivity index (χ1v) is 7.10. The van der Waals surface area contributed by atoms with Gasteiger partial charge in [0.2, 0.25) is 0 Å². The van der Waals surface area contributed by atoms with Crippen LogP contribution in [0.25, 0.3) is 11.2 Å². The second kappa shape index (κ2) is 4.94. The summed E-state index contributed by atoms with van der Waals surface area (Å²) in [4.78, 5) is 12.0. The van der Waals surface area contributed by atoms with Crippen molar-refractivity contribution in [3.63, 3.8) is 0 Å². The summed E-state index contributed by atoms with van der Waals surface area (Å²) in [5, 5.41) is 20.2. The van der Waals surface area contributed by atoms with Crippen LogP contribution in [-0.4, -0.2) is 64.1 Å². The number of nitrogen functional groups attached to an aromatic ring is 1. The van der Waals surface area contributed by atoms with E-state index >= 15 is 0 Å². The molecule has 1 unspecified atom stereocenters. The first-order chi connectivity index (χ1) is 9.50. The quantitative estimate of drug-likeness (QED) is 0.599. The van der Waals surface area contributed by atoms with Gasteiger partial charge in [-0.05, 0) is 0 Å². The summed E-state index contributed by atoms with van der Waals surface area (Å²) in [7, 11) is 0. The van der Waals surface area contributed by atoms with Crippen LogP contribution in [0.4, 0.5) is 5.82 Å². The molecule has 5 atom stereocenters. The number of hydrogen-bond acceptors (Lipinski definition) is 7. The summed E-state index contributed by atoms with van der Waals surface area (Å²) in [6, 6.07) is 0. The first-order valence-electron chi connectivity index (χ1n) is 6.11. The van der Waals surface area contributed by atoms with Crippen molar-refractivity contribution < 1.29 is 14.9 Å². The van der Waals surface area contributed by atoms with Crippen molar-refractivity contribution in [1.82, 2.24) is 19.5 Å². The molecule has 20 heavy (non-hydrogen) atoms. The molecule has 0 bridgehead atoms. The maximum absolute atomic E-state index is 10.2. The molecular formula is C11H14N5O3Se. The van der Waals surface area contributed by atoms with E-state index in [9.17, 15) is 10.2 Å². The van der Waals surface area contributed by atoms with Gasteiger partial charge in [0.1, 0.15) is 0 Å². The summed E-state index contributed by atoms with van der Waals surface area (Å²) in [6.07, 6.45) is -0.502. The Kier molecular flexibility index (Phi) is 3.39. The summed E-state index contributed by atoms with van der Waals surface area (Å²) >= 11 is 2.88. The number of fused-ring (bicyclic) bond motifs is 1. The van der Waals surface area contributed by atoms with Crippen LogP contribution in [0.15, 0.2) is 12.7 Å². The molecule has 1 aliphatic heterocycles. The zero-order valence-corrected chi connectivity index (χ0v) is 12.3. The molecule has 0 amide bonds. The molecule has 3 rings (SSSR count). The van der Waals surface area contributed by atoms with Crippen LogP contribution in [-0.2, 0) is 4.74 Å². The van der Waals surface area contributed by atoms with E-state index in [-0.39, 0.29) is 10.6 Å². The minimum atomic E-state index is -1.07. The third-order valence-electron chi connectivity index (χ3n) is 3.40. The molecule has 0 saturated carbocycles. The number of imidazole rings is 1. The molecule has 4 N–H and O–H groups in total. The number of aliphatic hydroxyl groups excluding tert-OH is 2. The molecule has 0 spiro atoms. The molecule has 9 heteroatoms. The zero-order valence-electron chi connectivity index (χ0n) is 10.6. The van der Waals surface area contributed by atoms with E-state index in [2.05, 4.69) is 31.0 Å². The predicted octanol–water partition coefficient (Wildman–Crippen LogP) is -0.995. The van der Waals surface area contributed by atoms with Crippen LogP contribution >= 0.6 is 0 Å². The molecule has 3 heterocycles. The van der Waals surface area contributed by atoms with Gasteiger partial charge in [0.05, 0.1) is 0 Å². The van der Waals surface area contributed by atoms with Crippen molar-refractivity contribution in [2.24, 2.45) is 0 Å². The first kappa shape index (κ1) is 13.7. The number of aromatic nitrogens is 4. The van der Waals surface area contributed by atoms with Crippen molar-refractivity contribution in [1.29, 1.82) is 0 Å². The molecule has 8 nitrogen and oxygen atoms in total. The molecular weight excluding hydrogens is 329 g/mol. The van der Waals surface area contributed by atoms with Crippen molar-refractivity contribution in [3.8, 4) is 0 Å². The summed E-state index contributed by atoms with van der Waals surface area (Å²) in [6.45, 7) is 1.87. The van der Waals surface area contributed by atoms with E-state index in [1.54, 1.807) is 4.57 Å². The molecule has 2 aromatic heterocycles. The van der Waals surface area contributed by atoms with Crippen LogP contribution in [0.3, 0.4) is 0 Å². The maximum atomic E-state index is 10.2. The summed E-state index contributed by atoms with van der Waals surface area (Å²) in [5.41, 5.74) is 6.62. The normalized spacial score (nSPS) is 31.8. The second-order valence-electron chi connectivity index (χ2n) is 4.76. The molecule has 1 radical (unpaired) electrons. The molecule has 1 aliphatic rings. The van der Waals surface area contributed by atoms with E-state index in [1.807, 2.05) is 6.92 Å². The Morgan fingerprint density at radius 3 is 2.75 bits per heavy atom. The van der Waals surface area contributed by atoms with E-state index in [4.69, 9.17) is 10.5 Å². The molecule has 0 aromatic carbocycles. The van der Waals surface area contributed by atoms with Gasteiger partial charge in [-0.3, -0.25) is 0 Å². The number of hydrogen-bond donors (Lipinski definition) is 3. The third kappa shape index (κ3) is 1.99. The molecule has 2 aromatic rings. The van der Waals surface area contributed by atoms with E-state index in [0.717, 1.165) is 0 Å². The van der Waals surface area contributed by atoms with Gasteiger partial charge in [0.25, 0.3) is 0 Å². The van der Waals surface area contributed by atoms with Crippen LogP contribution in [0, 0.1) is 0 Å². The van der Waals surface area contributed by atoms with E-state index < -0.39 is 24.5 Å². The number of aliphatic hydroxyl groups is 2. The molecule has 1 saturated heterocycles. The van der Waals surface area contributed by atoms with Crippen molar-refractivity contribution in [3.05, 3.63) is 12.7 Å². The molecule has 0 aliphatic carbocycles. The van der Waals surface area contributed by atoms with Gasteiger partial charge >= 0.3 is 122 Å². The van der Waals surface area contributed by atoms with E-state index in [1.165, 1.54) is 12.7 Å². The topological polar surface area (TPSA) is 119 Å². The van der Waals surface area contributed by atoms with Gasteiger partial charge in [-0.15, -0.1) is 0 Å². The number of rotatable bonds is 2. The Balaban J connectivity index is 2.02. The number of nitrogens with two attached hydrogens (primary N) is 1. The average Bonchev–Trinajstić information content (AvgIpc) is 2.94. The fourth-order valence-corrected chi connectivity index (χ4v) is 2.83. The van der Waals surface area contributed by atoms with Gasteiger partial charge in [-0.1, -0.05) is 0 Å². The zero-order chi connectivity index (χ0) is 14.4. The monoisotopic (exact) mass is 344 g/mol. The Labute approximate surface area is 122 Å². The minimum absolute atomic E-state index is 0.0425. The van der Waals surface area contributed by atoms with Gasteiger partial charge < -0.3 is 0 Å². The fourth-order valence-electron chi connectivity index (χ4n) is 2.36. The van der Waals surface area contributed by atoms with Gasteiger partial charge in [0, 0.05) is 0 Å². The summed E-state index contributed by atoms with van der Waals surface area (Å²) in [5.74, 6) is 0.260. The van der Waals surface area contributed by atoms with Gasteiger partial charge in [0.15, 0.2) is 0 Å². The van der Waals surface area contributed by atoms with Crippen molar-refractivity contribution >= 4 is 33.0 Å². The molecule has 1 fully saturated rings. The van der Waals surface area contributed by atoms with E-state index in [0.29, 0.717) is 11.2 Å². The number of anilines is 1. The Morgan fingerprint density at radius 2 is 2.10 bits per heavy atom. The molecule has 107 valence electrons. The number of ether oxygens (including phenoxy) is 1. The SMILES string of the molecule is CC([Se])[C@H]1O[C@@H](n2cnc3c(N)ncnc32)[C@H](O)[C@@H]1O. The van der Waals surface area contributed by atoms with Crippen LogP contribution < -0.4 is 5.73 Å². The van der Waals surface area contributed by atoms with Crippen LogP contribution in [0.1, 0.15) is 13.2 Å². The Morgan fingerprint density at radius 1 is 1.35 bits per heavy atom. The Bertz CT molecular complexity index is 634. The fraction of sp³-hybridized carbons (Fsp3) is 0.545. The average molecular weight is 343 g/mol. The number of nitrogens with zero attached hydrogens (tertiary/aromatic N) is 4. The predicted molar refractivity (Wildman–Crippen MR) is 70.8 cm³/mol. The van der Waals surface area contributed by atoms with Crippen molar-refractivity contribution in [2.45, 2.75) is 36.3 Å². The van der Waals surface area contributed by atoms with Crippen LogP contribution in [0.5, 0.6) is 0 Å². The van der Waals surface area contributed by atoms with Crippen LogP contribution in [0.2, 0.25) is 4.82 Å². The Hall–Kier alpha value is -1.25. The van der Waals surface area contributed by atoms with Crippen molar-refractivity contribution in [2.75, 3.05) is 5.73 Å². The summed E-state index contributed by atoms with van der Waals surface area (Å²) < 4.78 is 7.29. The van der Waals surface area contributed by atoms with Gasteiger partial charge in [-0.25, -0.2) is 0 Å². The van der Waals surface area contributed by atoms with Gasteiger partial charge in [-0.2, -0.15) is 0 Å². The standard InChI is InChI=1S/C11H14N5O3Se/c1-4(20)8-6(17)7(18)11(19-8)16-3-15-5-9(12)13-2-14-10(5)16/h2-4,6-8,11,17-18H,1H3,(H2,12,13,14)/t4?,6-,7+,8+,11+/m0/s1. The third-order valence-corrected chi connectivity index (χ3v) is 3.96.